The summed E-state index contributed by atoms with van der Waals surface area (Å²) in [5, 5.41) is 5.82. The van der Waals surface area contributed by atoms with E-state index in [0.717, 1.165) is 0 Å². The summed E-state index contributed by atoms with van der Waals surface area (Å²) in [5.41, 5.74) is 1.31. The number of hydrogen-bond acceptors (Lipinski definition) is 4. The predicted molar refractivity (Wildman–Crippen MR) is 97.7 cm³/mol. The molecule has 3 aromatic rings. The Morgan fingerprint density at radius 3 is 2.00 bits per heavy atom. The summed E-state index contributed by atoms with van der Waals surface area (Å²) in [4.78, 5) is 19.8. The molecule has 3 rings (SSSR count). The molecule has 2 aromatic carbocycles. The third-order valence-corrected chi connectivity index (χ3v) is 3.38. The van der Waals surface area contributed by atoms with Crippen molar-refractivity contribution in [1.82, 2.24) is 9.97 Å². The molecule has 2 amide bonds. The monoisotopic (exact) mass is 374 g/mol. The molecule has 0 unspecified atom stereocenters. The Labute approximate surface area is 153 Å². The van der Waals surface area contributed by atoms with Crippen LogP contribution in [0.5, 0.6) is 11.8 Å². The van der Waals surface area contributed by atoms with Crippen LogP contribution in [0.15, 0.2) is 60.7 Å². The van der Waals surface area contributed by atoms with E-state index in [4.69, 9.17) is 27.9 Å². The van der Waals surface area contributed by atoms with Gasteiger partial charge < -0.3 is 15.4 Å². The van der Waals surface area contributed by atoms with Gasteiger partial charge in [-0.1, -0.05) is 41.4 Å². The van der Waals surface area contributed by atoms with Crippen LogP contribution < -0.4 is 15.4 Å². The molecule has 0 fully saturated rings. The number of ether oxygens (including phenoxy) is 1. The van der Waals surface area contributed by atoms with Crippen LogP contribution in [0.2, 0.25) is 10.3 Å². The number of anilines is 2. The number of benzene rings is 2. The quantitative estimate of drug-likeness (QED) is 0.613. The maximum Gasteiger partial charge on any atom is 0.324 e. The topological polar surface area (TPSA) is 76.1 Å². The van der Waals surface area contributed by atoms with Gasteiger partial charge in [0.15, 0.2) is 0 Å². The Balaban J connectivity index is 1.61. The highest BCUT2D eigenvalue weighted by atomic mass is 35.5. The zero-order valence-electron chi connectivity index (χ0n) is 12.7. The van der Waals surface area contributed by atoms with Gasteiger partial charge >= 0.3 is 12.0 Å². The van der Waals surface area contributed by atoms with Crippen molar-refractivity contribution in [3.05, 3.63) is 71.0 Å². The summed E-state index contributed by atoms with van der Waals surface area (Å²) >= 11 is 11.6. The minimum atomic E-state index is -0.343. The van der Waals surface area contributed by atoms with Crippen molar-refractivity contribution < 1.29 is 9.53 Å². The van der Waals surface area contributed by atoms with Crippen molar-refractivity contribution >= 4 is 40.6 Å². The van der Waals surface area contributed by atoms with Crippen LogP contribution in [0.3, 0.4) is 0 Å². The summed E-state index contributed by atoms with van der Waals surface area (Å²) in [6, 6.07) is 17.0. The van der Waals surface area contributed by atoms with Crippen LogP contribution >= 0.6 is 23.2 Å². The van der Waals surface area contributed by atoms with Crippen molar-refractivity contribution in [1.29, 1.82) is 0 Å². The Morgan fingerprint density at radius 1 is 0.840 bits per heavy atom. The van der Waals surface area contributed by atoms with Gasteiger partial charge in [0.2, 0.25) is 0 Å². The van der Waals surface area contributed by atoms with Gasteiger partial charge in [0.05, 0.1) is 0 Å². The van der Waals surface area contributed by atoms with Gasteiger partial charge in [-0.25, -0.2) is 4.79 Å². The Kier molecular flexibility index (Phi) is 5.33. The second-order valence-corrected chi connectivity index (χ2v) is 5.64. The second-order valence-electron chi connectivity index (χ2n) is 4.87. The highest BCUT2D eigenvalue weighted by molar-refractivity contribution is 6.33. The molecule has 126 valence electrons. The number of para-hydroxylation sites is 1. The number of amides is 2. The van der Waals surface area contributed by atoms with Crippen molar-refractivity contribution in [3.63, 3.8) is 0 Å². The molecule has 1 heterocycles. The van der Waals surface area contributed by atoms with E-state index in [0.29, 0.717) is 17.1 Å². The molecule has 0 atom stereocenters. The van der Waals surface area contributed by atoms with Gasteiger partial charge in [0, 0.05) is 17.4 Å². The Morgan fingerprint density at radius 2 is 1.40 bits per heavy atom. The molecule has 1 aromatic heterocycles. The summed E-state index contributed by atoms with van der Waals surface area (Å²) in [6.07, 6.45) is 0. The Hall–Kier alpha value is -2.83. The van der Waals surface area contributed by atoms with Gasteiger partial charge in [0.25, 0.3) is 0 Å². The third-order valence-electron chi connectivity index (χ3n) is 3.00. The van der Waals surface area contributed by atoms with Gasteiger partial charge in [0.1, 0.15) is 16.1 Å². The fourth-order valence-corrected chi connectivity index (χ4v) is 2.35. The first kappa shape index (κ1) is 17.0. The van der Waals surface area contributed by atoms with Gasteiger partial charge in [-0.05, 0) is 36.4 Å². The second kappa shape index (κ2) is 7.83. The number of hydrogen-bond donors (Lipinski definition) is 2. The lowest BCUT2D eigenvalue weighted by atomic mass is 10.3. The lowest BCUT2D eigenvalue weighted by Crippen LogP contribution is -2.19. The number of halogens is 2. The molecule has 0 bridgehead atoms. The molecular formula is C17H12Cl2N4O2. The summed E-state index contributed by atoms with van der Waals surface area (Å²) < 4.78 is 5.48. The molecule has 0 spiro atoms. The SMILES string of the molecule is O=C(Nc1ccccc1)Nc1ccc(Oc2nc(Cl)cc(Cl)n2)cc1. The first-order valence-electron chi connectivity index (χ1n) is 7.19. The number of nitrogens with zero attached hydrogens (tertiary/aromatic N) is 2. The fourth-order valence-electron chi connectivity index (χ4n) is 1.94. The number of urea groups is 1. The van der Waals surface area contributed by atoms with Crippen molar-refractivity contribution in [3.8, 4) is 11.8 Å². The molecule has 0 aliphatic rings. The number of carbonyl (C=O) groups excluding carboxylic acids is 1. The highest BCUT2D eigenvalue weighted by Crippen LogP contribution is 2.23. The van der Waals surface area contributed by atoms with E-state index in [2.05, 4.69) is 20.6 Å². The average Bonchev–Trinajstić information content (AvgIpc) is 2.56. The summed E-state index contributed by atoms with van der Waals surface area (Å²) in [7, 11) is 0. The lowest BCUT2D eigenvalue weighted by molar-refractivity contribution is 0.262. The third kappa shape index (κ3) is 5.07. The standard InChI is InChI=1S/C17H12Cl2N4O2/c18-14-10-15(19)23-17(22-14)25-13-8-6-12(7-9-13)21-16(24)20-11-4-2-1-3-5-11/h1-10H,(H2,20,21,24). The molecule has 0 aliphatic carbocycles. The van der Waals surface area contributed by atoms with Crippen LogP contribution in [0.1, 0.15) is 0 Å². The summed E-state index contributed by atoms with van der Waals surface area (Å²) in [6.45, 7) is 0. The average molecular weight is 375 g/mol. The van der Waals surface area contributed by atoms with E-state index in [9.17, 15) is 4.79 Å². The zero-order chi connectivity index (χ0) is 17.6. The predicted octanol–water partition coefficient (Wildman–Crippen LogP) is 5.22. The molecule has 6 nitrogen and oxygen atoms in total. The number of carbonyl (C=O) groups is 1. The van der Waals surface area contributed by atoms with E-state index < -0.39 is 0 Å². The van der Waals surface area contributed by atoms with E-state index in [1.165, 1.54) is 6.07 Å². The maximum absolute atomic E-state index is 11.9. The van der Waals surface area contributed by atoms with Crippen LogP contribution in [0, 0.1) is 0 Å². The van der Waals surface area contributed by atoms with Crippen LogP contribution in [-0.4, -0.2) is 16.0 Å². The van der Waals surface area contributed by atoms with E-state index >= 15 is 0 Å². The normalized spacial score (nSPS) is 10.2. The lowest BCUT2D eigenvalue weighted by Gasteiger charge is -2.09. The minimum Gasteiger partial charge on any atom is -0.424 e. The van der Waals surface area contributed by atoms with Crippen LogP contribution in [-0.2, 0) is 0 Å². The molecule has 2 N–H and O–H groups in total. The van der Waals surface area contributed by atoms with Gasteiger partial charge in [-0.2, -0.15) is 9.97 Å². The zero-order valence-corrected chi connectivity index (χ0v) is 14.3. The Bertz CT molecular complexity index is 853. The van der Waals surface area contributed by atoms with Crippen molar-refractivity contribution in [2.45, 2.75) is 0 Å². The van der Waals surface area contributed by atoms with E-state index in [1.807, 2.05) is 18.2 Å². The molecule has 0 radical (unpaired) electrons. The van der Waals surface area contributed by atoms with Crippen LogP contribution in [0.25, 0.3) is 0 Å². The first-order chi connectivity index (χ1) is 12.1. The van der Waals surface area contributed by atoms with Crippen LogP contribution in [0.4, 0.5) is 16.2 Å². The molecule has 8 heteroatoms. The first-order valence-corrected chi connectivity index (χ1v) is 7.95. The molecular weight excluding hydrogens is 363 g/mol. The molecule has 25 heavy (non-hydrogen) atoms. The molecule has 0 saturated carbocycles. The number of aromatic nitrogens is 2. The number of nitrogens with one attached hydrogen (secondary N) is 2. The number of rotatable bonds is 4. The molecule has 0 aliphatic heterocycles. The summed E-state index contributed by atoms with van der Waals surface area (Å²) in [5.74, 6) is 0.479. The molecule has 0 saturated heterocycles. The smallest absolute Gasteiger partial charge is 0.324 e. The maximum atomic E-state index is 11.9. The van der Waals surface area contributed by atoms with Gasteiger partial charge in [-0.15, -0.1) is 0 Å². The minimum absolute atomic E-state index is 0.0417. The van der Waals surface area contributed by atoms with Crippen molar-refractivity contribution in [2.75, 3.05) is 10.6 Å². The van der Waals surface area contributed by atoms with E-state index in [1.54, 1.807) is 36.4 Å². The van der Waals surface area contributed by atoms with E-state index in [-0.39, 0.29) is 22.3 Å². The fraction of sp³-hybridized carbons (Fsp3) is 0. The highest BCUT2D eigenvalue weighted by Gasteiger charge is 2.06. The van der Waals surface area contributed by atoms with Crippen molar-refractivity contribution in [2.24, 2.45) is 0 Å². The largest absolute Gasteiger partial charge is 0.424 e. The van der Waals surface area contributed by atoms with Gasteiger partial charge in [-0.3, -0.25) is 0 Å².